The van der Waals surface area contributed by atoms with E-state index in [9.17, 15) is 4.79 Å². The molecule has 0 aromatic carbocycles. The van der Waals surface area contributed by atoms with Crippen molar-refractivity contribution in [3.8, 4) is 0 Å². The molecule has 0 saturated heterocycles. The van der Waals surface area contributed by atoms with Crippen LogP contribution in [-0.2, 0) is 9.53 Å². The van der Waals surface area contributed by atoms with Gasteiger partial charge in [0, 0.05) is 0 Å². The van der Waals surface area contributed by atoms with Crippen LogP contribution in [0.3, 0.4) is 0 Å². The van der Waals surface area contributed by atoms with Crippen LogP contribution < -0.4 is 5.73 Å². The maximum atomic E-state index is 11.8. The fourth-order valence-electron chi connectivity index (χ4n) is 3.64. The van der Waals surface area contributed by atoms with E-state index in [0.717, 1.165) is 18.8 Å². The molecular formula is C13H23NO2. The van der Waals surface area contributed by atoms with Gasteiger partial charge >= 0.3 is 5.97 Å². The molecule has 2 aliphatic rings. The highest BCUT2D eigenvalue weighted by atomic mass is 16.5. The number of nitrogens with two attached hydrogens (primary N) is 1. The fourth-order valence-corrected chi connectivity index (χ4v) is 3.64. The summed E-state index contributed by atoms with van der Waals surface area (Å²) in [6.07, 6.45) is 7.14. The Balaban J connectivity index is 2.13. The Morgan fingerprint density at radius 3 is 2.56 bits per heavy atom. The Hall–Kier alpha value is -0.570. The molecule has 4 atom stereocenters. The van der Waals surface area contributed by atoms with Crippen LogP contribution in [0.15, 0.2) is 0 Å². The number of fused-ring (bicyclic) bond motifs is 1. The lowest BCUT2D eigenvalue weighted by molar-refractivity contribution is -0.152. The Morgan fingerprint density at radius 2 is 1.94 bits per heavy atom. The summed E-state index contributed by atoms with van der Waals surface area (Å²) in [7, 11) is 1.44. The minimum atomic E-state index is -0.729. The Labute approximate surface area is 97.7 Å². The molecule has 2 N–H and O–H groups in total. The Morgan fingerprint density at radius 1 is 1.31 bits per heavy atom. The average molecular weight is 225 g/mol. The van der Waals surface area contributed by atoms with Crippen molar-refractivity contribution < 1.29 is 9.53 Å². The first-order chi connectivity index (χ1) is 7.58. The molecule has 3 heteroatoms. The second kappa shape index (κ2) is 4.36. The third-order valence-corrected chi connectivity index (χ3v) is 4.77. The summed E-state index contributed by atoms with van der Waals surface area (Å²) in [5.74, 6) is 1.47. The van der Waals surface area contributed by atoms with Crippen molar-refractivity contribution >= 4 is 5.97 Å². The second-order valence-corrected chi connectivity index (χ2v) is 5.68. The van der Waals surface area contributed by atoms with E-state index in [1.54, 1.807) is 0 Å². The van der Waals surface area contributed by atoms with Gasteiger partial charge < -0.3 is 10.5 Å². The van der Waals surface area contributed by atoms with Gasteiger partial charge in [0.05, 0.1) is 7.11 Å². The highest BCUT2D eigenvalue weighted by Crippen LogP contribution is 2.46. The van der Waals surface area contributed by atoms with Crippen molar-refractivity contribution in [3.63, 3.8) is 0 Å². The number of methoxy groups -OCH3 is 1. The third-order valence-electron chi connectivity index (χ3n) is 4.77. The minimum Gasteiger partial charge on any atom is -0.468 e. The molecule has 0 amide bonds. The van der Waals surface area contributed by atoms with Gasteiger partial charge in [-0.2, -0.15) is 0 Å². The lowest BCUT2D eigenvalue weighted by atomic mass is 9.61. The smallest absolute Gasteiger partial charge is 0.326 e. The summed E-state index contributed by atoms with van der Waals surface area (Å²) in [6.45, 7) is 2.10. The predicted molar refractivity (Wildman–Crippen MR) is 62.8 cm³/mol. The van der Waals surface area contributed by atoms with E-state index >= 15 is 0 Å². The van der Waals surface area contributed by atoms with Crippen LogP contribution in [0.4, 0.5) is 0 Å². The topological polar surface area (TPSA) is 52.3 Å². The fraction of sp³-hybridized carbons (Fsp3) is 0.923. The van der Waals surface area contributed by atoms with E-state index in [1.807, 2.05) is 0 Å². The van der Waals surface area contributed by atoms with E-state index in [4.69, 9.17) is 10.5 Å². The number of esters is 1. The van der Waals surface area contributed by atoms with Crippen LogP contribution in [0, 0.1) is 17.8 Å². The summed E-state index contributed by atoms with van der Waals surface area (Å²) in [5.41, 5.74) is 5.56. The first kappa shape index (κ1) is 11.9. The van der Waals surface area contributed by atoms with Crippen LogP contribution >= 0.6 is 0 Å². The Bertz CT molecular complexity index is 279. The largest absolute Gasteiger partial charge is 0.468 e. The van der Waals surface area contributed by atoms with Crippen LogP contribution in [-0.4, -0.2) is 18.6 Å². The molecule has 0 aliphatic heterocycles. The van der Waals surface area contributed by atoms with Crippen molar-refractivity contribution in [3.05, 3.63) is 0 Å². The van der Waals surface area contributed by atoms with Crippen molar-refractivity contribution in [1.29, 1.82) is 0 Å². The van der Waals surface area contributed by atoms with Gasteiger partial charge in [0.1, 0.15) is 5.54 Å². The Kier molecular flexibility index (Phi) is 3.24. The molecule has 2 aliphatic carbocycles. The molecule has 0 radical (unpaired) electrons. The van der Waals surface area contributed by atoms with Crippen molar-refractivity contribution in [2.24, 2.45) is 23.5 Å². The highest BCUT2D eigenvalue weighted by molar-refractivity contribution is 5.81. The molecular weight excluding hydrogens is 202 g/mol. The summed E-state index contributed by atoms with van der Waals surface area (Å²) < 4.78 is 4.88. The van der Waals surface area contributed by atoms with Gasteiger partial charge in [-0.05, 0) is 30.6 Å². The van der Waals surface area contributed by atoms with Gasteiger partial charge in [-0.15, -0.1) is 0 Å². The lowest BCUT2D eigenvalue weighted by Crippen LogP contribution is -2.59. The molecule has 2 fully saturated rings. The van der Waals surface area contributed by atoms with E-state index in [2.05, 4.69) is 6.92 Å². The number of carbonyl (C=O) groups excluding carboxylic acids is 1. The molecule has 0 aromatic rings. The number of hydrogen-bond donors (Lipinski definition) is 1. The molecule has 3 nitrogen and oxygen atoms in total. The molecule has 0 aromatic heterocycles. The molecule has 16 heavy (non-hydrogen) atoms. The van der Waals surface area contributed by atoms with E-state index in [-0.39, 0.29) is 11.9 Å². The second-order valence-electron chi connectivity index (χ2n) is 5.68. The maximum absolute atomic E-state index is 11.8. The molecule has 0 spiro atoms. The standard InChI is InChI=1S/C13H23NO2/c1-9-7-10-5-3-4-6-11(10)8-13(9,14)12(15)16-2/h9-11H,3-8,14H2,1-2H3. The van der Waals surface area contributed by atoms with Gasteiger partial charge in [0.15, 0.2) is 0 Å². The van der Waals surface area contributed by atoms with Crippen LogP contribution in [0.25, 0.3) is 0 Å². The molecule has 92 valence electrons. The summed E-state index contributed by atoms with van der Waals surface area (Å²) in [6, 6.07) is 0. The van der Waals surface area contributed by atoms with Gasteiger partial charge in [0.25, 0.3) is 0 Å². The molecule has 4 unspecified atom stereocenters. The van der Waals surface area contributed by atoms with Crippen molar-refractivity contribution in [2.45, 2.75) is 51.0 Å². The zero-order chi connectivity index (χ0) is 11.8. The van der Waals surface area contributed by atoms with Crippen LogP contribution in [0.2, 0.25) is 0 Å². The van der Waals surface area contributed by atoms with Gasteiger partial charge in [-0.25, -0.2) is 0 Å². The first-order valence-corrected chi connectivity index (χ1v) is 6.45. The van der Waals surface area contributed by atoms with E-state index < -0.39 is 5.54 Å². The van der Waals surface area contributed by atoms with Crippen molar-refractivity contribution in [1.82, 2.24) is 0 Å². The normalized spacial score (nSPS) is 43.6. The zero-order valence-corrected chi connectivity index (χ0v) is 10.4. The monoisotopic (exact) mass is 225 g/mol. The van der Waals surface area contributed by atoms with Crippen molar-refractivity contribution in [2.75, 3.05) is 7.11 Å². The highest BCUT2D eigenvalue weighted by Gasteiger charge is 2.49. The lowest BCUT2D eigenvalue weighted by Gasteiger charge is -2.46. The maximum Gasteiger partial charge on any atom is 0.326 e. The number of carbonyl (C=O) groups is 1. The molecule has 2 saturated carbocycles. The predicted octanol–water partition coefficient (Wildman–Crippen LogP) is 2.09. The van der Waals surface area contributed by atoms with Gasteiger partial charge in [-0.1, -0.05) is 32.6 Å². The quantitative estimate of drug-likeness (QED) is 0.695. The van der Waals surface area contributed by atoms with Gasteiger partial charge in [-0.3, -0.25) is 4.79 Å². The van der Waals surface area contributed by atoms with E-state index in [0.29, 0.717) is 5.92 Å². The van der Waals surface area contributed by atoms with Crippen LogP contribution in [0.1, 0.15) is 45.4 Å². The SMILES string of the molecule is COC(=O)C1(N)CC2CCCCC2CC1C. The van der Waals surface area contributed by atoms with Crippen LogP contribution in [0.5, 0.6) is 0 Å². The summed E-state index contributed by atoms with van der Waals surface area (Å²) in [5, 5.41) is 0. The van der Waals surface area contributed by atoms with E-state index in [1.165, 1.54) is 32.8 Å². The molecule has 0 bridgehead atoms. The first-order valence-electron chi connectivity index (χ1n) is 6.45. The number of rotatable bonds is 1. The number of ether oxygens (including phenoxy) is 1. The number of hydrogen-bond acceptors (Lipinski definition) is 3. The van der Waals surface area contributed by atoms with Gasteiger partial charge in [0.2, 0.25) is 0 Å². The molecule has 2 rings (SSSR count). The average Bonchev–Trinajstić information content (AvgIpc) is 2.29. The summed E-state index contributed by atoms with van der Waals surface area (Å²) >= 11 is 0. The molecule has 0 heterocycles. The zero-order valence-electron chi connectivity index (χ0n) is 10.4. The minimum absolute atomic E-state index is 0.218. The third kappa shape index (κ3) is 1.86. The summed E-state index contributed by atoms with van der Waals surface area (Å²) in [4.78, 5) is 11.8.